The highest BCUT2D eigenvalue weighted by atomic mass is 28.3. The summed E-state index contributed by atoms with van der Waals surface area (Å²) in [6, 6.07) is 8.83. The highest BCUT2D eigenvalue weighted by Crippen LogP contribution is 2.26. The third-order valence-electron chi connectivity index (χ3n) is 3.23. The van der Waals surface area contributed by atoms with E-state index in [1.54, 1.807) is 0 Å². The fourth-order valence-electron chi connectivity index (χ4n) is 2.87. The summed E-state index contributed by atoms with van der Waals surface area (Å²) in [7, 11) is 1.39. The van der Waals surface area contributed by atoms with E-state index in [-0.39, 0.29) is 0 Å². The predicted molar refractivity (Wildman–Crippen MR) is 72.8 cm³/mol. The van der Waals surface area contributed by atoms with Crippen molar-refractivity contribution >= 4 is 8.07 Å². The number of quaternary nitrogens is 1. The second-order valence-electron chi connectivity index (χ2n) is 6.50. The van der Waals surface area contributed by atoms with Gasteiger partial charge in [0, 0.05) is 0 Å². The van der Waals surface area contributed by atoms with Crippen molar-refractivity contribution in [3.8, 4) is 0 Å². The van der Waals surface area contributed by atoms with Gasteiger partial charge in [0.25, 0.3) is 0 Å². The molecule has 0 aliphatic carbocycles. The van der Waals surface area contributed by atoms with E-state index in [1.807, 2.05) is 0 Å². The minimum atomic E-state index is -0.997. The fraction of sp³-hybridized carbons (Fsp3) is 0.500. The summed E-state index contributed by atoms with van der Waals surface area (Å²) in [6.07, 6.45) is 2.58. The zero-order valence-corrected chi connectivity index (χ0v) is 12.0. The van der Waals surface area contributed by atoms with Crippen LogP contribution in [-0.4, -0.2) is 32.3 Å². The first kappa shape index (κ1) is 11.7. The second-order valence-corrected chi connectivity index (χ2v) is 11.9. The Kier molecular flexibility index (Phi) is 2.89. The van der Waals surface area contributed by atoms with E-state index in [0.717, 1.165) is 4.48 Å². The number of fused-ring (bicyclic) bond motifs is 1. The molecule has 1 aromatic carbocycles. The van der Waals surface area contributed by atoms with E-state index in [2.05, 4.69) is 57.5 Å². The van der Waals surface area contributed by atoms with E-state index < -0.39 is 8.07 Å². The molecule has 0 bridgehead atoms. The van der Waals surface area contributed by atoms with Gasteiger partial charge in [-0.25, -0.2) is 0 Å². The molecule has 0 radical (unpaired) electrons. The summed E-state index contributed by atoms with van der Waals surface area (Å²) in [5.41, 5.74) is 2.98. The highest BCUT2D eigenvalue weighted by molar-refractivity contribution is 6.76. The first-order chi connectivity index (χ1) is 7.38. The smallest absolute Gasteiger partial charge is 0.110 e. The molecule has 0 amide bonds. The highest BCUT2D eigenvalue weighted by Gasteiger charge is 2.30. The van der Waals surface area contributed by atoms with Crippen molar-refractivity contribution in [2.24, 2.45) is 0 Å². The summed E-state index contributed by atoms with van der Waals surface area (Å²) in [6.45, 7) is 11.1. The van der Waals surface area contributed by atoms with Gasteiger partial charge in [0.15, 0.2) is 0 Å². The molecule has 0 saturated heterocycles. The van der Waals surface area contributed by atoms with Gasteiger partial charge < -0.3 is 4.48 Å². The number of hydrogen-bond donors (Lipinski definition) is 0. The Labute approximate surface area is 101 Å². The zero-order chi connectivity index (χ0) is 11.8. The average molecular weight is 233 g/mol. The Morgan fingerprint density at radius 3 is 2.62 bits per heavy atom. The second kappa shape index (κ2) is 3.93. The van der Waals surface area contributed by atoms with Crippen molar-refractivity contribution in [2.75, 3.05) is 19.8 Å². The molecule has 1 aromatic rings. The molecule has 1 atom stereocenters. The Balaban J connectivity index is 2.18. The van der Waals surface area contributed by atoms with Crippen LogP contribution in [-0.2, 0) is 6.42 Å². The topological polar surface area (TPSA) is 0 Å². The summed E-state index contributed by atoms with van der Waals surface area (Å²) < 4.78 is 1.13. The molecule has 0 saturated carbocycles. The number of rotatable bonds is 2. The van der Waals surface area contributed by atoms with Crippen LogP contribution in [0.5, 0.6) is 0 Å². The molecule has 0 fully saturated rings. The minimum Gasteiger partial charge on any atom is -0.352 e. The molecule has 1 unspecified atom stereocenters. The van der Waals surface area contributed by atoms with Crippen molar-refractivity contribution < 1.29 is 4.48 Å². The zero-order valence-electron chi connectivity index (χ0n) is 11.0. The van der Waals surface area contributed by atoms with Crippen molar-refractivity contribution in [2.45, 2.75) is 26.1 Å². The van der Waals surface area contributed by atoms with Crippen LogP contribution < -0.4 is 0 Å². The lowest BCUT2D eigenvalue weighted by Crippen LogP contribution is -2.54. The molecule has 0 N–H and O–H groups in total. The van der Waals surface area contributed by atoms with E-state index in [1.165, 1.54) is 30.3 Å². The van der Waals surface area contributed by atoms with Crippen LogP contribution >= 0.6 is 0 Å². The Morgan fingerprint density at radius 1 is 1.25 bits per heavy atom. The molecule has 16 heavy (non-hydrogen) atoms. The predicted octanol–water partition coefficient (Wildman–Crippen LogP) is 3.08. The molecule has 0 spiro atoms. The molecular weight excluding hydrogens is 210 g/mol. The van der Waals surface area contributed by atoms with Crippen LogP contribution in [0.3, 0.4) is 0 Å². The lowest BCUT2D eigenvalue weighted by atomic mass is 9.99. The van der Waals surface area contributed by atoms with Crippen LogP contribution in [0.15, 0.2) is 24.3 Å². The average Bonchev–Trinajstić information content (AvgIpc) is 2.14. The standard InChI is InChI=1S/C14H23NSi/c1-15(12-16(2,3)4)10-9-13-7-5-6-8-14(13)11-15/h5-8,11H,9-10,12H2,1-4H3. The molecule has 88 valence electrons. The number of benzene rings is 1. The summed E-state index contributed by atoms with van der Waals surface area (Å²) in [5, 5.41) is 0. The first-order valence-corrected chi connectivity index (χ1v) is 9.87. The van der Waals surface area contributed by atoms with Gasteiger partial charge in [-0.05, 0) is 13.0 Å². The lowest BCUT2D eigenvalue weighted by molar-refractivity contribution is -0.869. The third kappa shape index (κ3) is 2.69. The van der Waals surface area contributed by atoms with Gasteiger partial charge >= 0.3 is 0 Å². The number of hydrogen-bond acceptors (Lipinski definition) is 0. The van der Waals surface area contributed by atoms with Gasteiger partial charge in [-0.1, -0.05) is 25.7 Å². The molecule has 2 rings (SSSR count). The van der Waals surface area contributed by atoms with Crippen molar-refractivity contribution in [3.05, 3.63) is 41.9 Å². The van der Waals surface area contributed by atoms with Gasteiger partial charge in [0.05, 0.1) is 19.8 Å². The largest absolute Gasteiger partial charge is 0.352 e. The molecule has 1 heterocycles. The third-order valence-corrected chi connectivity index (χ3v) is 4.90. The van der Waals surface area contributed by atoms with E-state index in [4.69, 9.17) is 0 Å². The van der Waals surface area contributed by atoms with Crippen molar-refractivity contribution in [1.82, 2.24) is 0 Å². The fourth-order valence-corrected chi connectivity index (χ4v) is 5.29. The van der Waals surface area contributed by atoms with Crippen LogP contribution in [0.4, 0.5) is 0 Å². The molecule has 1 aliphatic rings. The summed E-state index contributed by atoms with van der Waals surface area (Å²) in [4.78, 5) is 0. The number of likely N-dealkylation sites (N-methyl/N-ethyl adjacent to an activating group) is 1. The normalized spacial score (nSPS) is 24.8. The van der Waals surface area contributed by atoms with Crippen molar-refractivity contribution in [1.29, 1.82) is 0 Å². The van der Waals surface area contributed by atoms with E-state index in [9.17, 15) is 0 Å². The molecule has 1 nitrogen and oxygen atoms in total. The maximum absolute atomic E-state index is 2.47. The van der Waals surface area contributed by atoms with Crippen LogP contribution in [0.1, 0.15) is 11.1 Å². The maximum atomic E-state index is 2.47. The van der Waals surface area contributed by atoms with Crippen LogP contribution in [0.2, 0.25) is 19.6 Å². The monoisotopic (exact) mass is 233 g/mol. The Hall–Kier alpha value is -0.733. The SMILES string of the molecule is C[N+]1(C[Si](C)(C)C)[CH-]c2ccccc2CC1. The minimum absolute atomic E-state index is 0.997. The molecular formula is C14H23NSi. The molecule has 2 heteroatoms. The first-order valence-electron chi connectivity index (χ1n) is 6.16. The summed E-state index contributed by atoms with van der Waals surface area (Å²) in [5.74, 6) is 0. The molecule has 1 aliphatic heterocycles. The van der Waals surface area contributed by atoms with Crippen LogP contribution in [0.25, 0.3) is 0 Å². The van der Waals surface area contributed by atoms with Gasteiger partial charge in [-0.2, -0.15) is 6.07 Å². The summed E-state index contributed by atoms with van der Waals surface area (Å²) >= 11 is 0. The van der Waals surface area contributed by atoms with E-state index >= 15 is 0 Å². The van der Waals surface area contributed by atoms with Crippen molar-refractivity contribution in [3.63, 3.8) is 0 Å². The maximum Gasteiger partial charge on any atom is 0.110 e. The Morgan fingerprint density at radius 2 is 1.94 bits per heavy atom. The van der Waals surface area contributed by atoms with E-state index in [0.29, 0.717) is 0 Å². The van der Waals surface area contributed by atoms with Gasteiger partial charge in [-0.3, -0.25) is 0 Å². The Bertz CT molecular complexity index is 381. The lowest BCUT2D eigenvalue weighted by Gasteiger charge is -2.46. The van der Waals surface area contributed by atoms with Gasteiger partial charge in [-0.15, -0.1) is 23.3 Å². The van der Waals surface area contributed by atoms with Gasteiger partial charge in [0.1, 0.15) is 8.07 Å². The molecule has 0 aromatic heterocycles. The van der Waals surface area contributed by atoms with Gasteiger partial charge in [0.2, 0.25) is 0 Å². The quantitative estimate of drug-likeness (QED) is 0.418. The number of nitrogens with zero attached hydrogens (tertiary/aromatic N) is 1. The van der Waals surface area contributed by atoms with Crippen LogP contribution in [0, 0.1) is 6.54 Å².